The number of rotatable bonds is 6. The highest BCUT2D eigenvalue weighted by Gasteiger charge is 2.20. The van der Waals surface area contributed by atoms with Gasteiger partial charge in [0.2, 0.25) is 0 Å². The predicted octanol–water partition coefficient (Wildman–Crippen LogP) is 3.45. The zero-order chi connectivity index (χ0) is 15.2. The Morgan fingerprint density at radius 2 is 1.81 bits per heavy atom. The van der Waals surface area contributed by atoms with Crippen LogP contribution in [0.25, 0.3) is 0 Å². The van der Waals surface area contributed by atoms with Crippen LogP contribution >= 0.6 is 15.9 Å². The number of hydrogen-bond acceptors (Lipinski definition) is 3. The number of ether oxygens (including phenoxy) is 1. The van der Waals surface area contributed by atoms with Gasteiger partial charge in [-0.15, -0.1) is 0 Å². The third-order valence-corrected chi connectivity index (χ3v) is 4.00. The minimum Gasteiger partial charge on any atom is -0.484 e. The van der Waals surface area contributed by atoms with Crippen molar-refractivity contribution in [1.82, 2.24) is 0 Å². The Morgan fingerprint density at radius 3 is 2.38 bits per heavy atom. The number of nitrogens with two attached hydrogens (primary N) is 1. The molecule has 0 radical (unpaired) electrons. The molecule has 3 nitrogen and oxygen atoms in total. The first kappa shape index (κ1) is 16.0. The first-order chi connectivity index (χ1) is 10.1. The summed E-state index contributed by atoms with van der Waals surface area (Å²) in [5.74, 6) is 0.773. The molecule has 0 spiro atoms. The van der Waals surface area contributed by atoms with Crippen molar-refractivity contribution in [3.8, 4) is 5.75 Å². The third kappa shape index (κ3) is 4.30. The smallest absolute Gasteiger partial charge is 0.140 e. The summed E-state index contributed by atoms with van der Waals surface area (Å²) >= 11 is 3.55. The third-order valence-electron chi connectivity index (χ3n) is 3.28. The zero-order valence-electron chi connectivity index (χ0n) is 12.0. The molecule has 4 heteroatoms. The lowest BCUT2D eigenvalue weighted by atomic mass is 10.0. The molecule has 0 amide bonds. The molecule has 2 unspecified atom stereocenters. The van der Waals surface area contributed by atoms with Gasteiger partial charge in [0.25, 0.3) is 0 Å². The van der Waals surface area contributed by atoms with Crippen LogP contribution in [0.2, 0.25) is 0 Å². The van der Waals surface area contributed by atoms with Crippen LogP contribution in [0.1, 0.15) is 24.2 Å². The van der Waals surface area contributed by atoms with Crippen molar-refractivity contribution in [3.05, 3.63) is 64.1 Å². The van der Waals surface area contributed by atoms with E-state index in [0.29, 0.717) is 6.42 Å². The Balaban J connectivity index is 2.19. The molecule has 2 aromatic carbocycles. The molecule has 0 aliphatic rings. The first-order valence-corrected chi connectivity index (χ1v) is 7.77. The minimum atomic E-state index is -0.218. The first-order valence-electron chi connectivity index (χ1n) is 6.98. The molecular weight excluding hydrogens is 330 g/mol. The van der Waals surface area contributed by atoms with E-state index in [1.165, 1.54) is 0 Å². The van der Waals surface area contributed by atoms with Gasteiger partial charge in [-0.25, -0.2) is 0 Å². The topological polar surface area (TPSA) is 55.5 Å². The SMILES string of the molecule is CC(N)C(Oc1ccc(CCO)cc1)c1ccccc1Br. The number of halogens is 1. The lowest BCUT2D eigenvalue weighted by molar-refractivity contribution is 0.179. The van der Waals surface area contributed by atoms with Crippen LogP contribution in [0, 0.1) is 0 Å². The second-order valence-electron chi connectivity index (χ2n) is 5.04. The van der Waals surface area contributed by atoms with E-state index < -0.39 is 0 Å². The molecule has 0 aliphatic heterocycles. The van der Waals surface area contributed by atoms with E-state index in [4.69, 9.17) is 15.6 Å². The van der Waals surface area contributed by atoms with E-state index in [-0.39, 0.29) is 18.8 Å². The minimum absolute atomic E-state index is 0.138. The molecule has 0 fully saturated rings. The van der Waals surface area contributed by atoms with Gasteiger partial charge >= 0.3 is 0 Å². The fourth-order valence-electron chi connectivity index (χ4n) is 2.17. The van der Waals surface area contributed by atoms with Gasteiger partial charge in [0, 0.05) is 22.7 Å². The number of benzene rings is 2. The summed E-state index contributed by atoms with van der Waals surface area (Å²) in [6.45, 7) is 2.09. The maximum atomic E-state index is 8.93. The second-order valence-corrected chi connectivity index (χ2v) is 5.89. The summed E-state index contributed by atoms with van der Waals surface area (Å²) in [5, 5.41) is 8.93. The maximum absolute atomic E-state index is 8.93. The average molecular weight is 350 g/mol. The van der Waals surface area contributed by atoms with Crippen LogP contribution in [0.15, 0.2) is 53.0 Å². The van der Waals surface area contributed by atoms with Gasteiger partial charge in [-0.3, -0.25) is 0 Å². The Bertz CT molecular complexity index is 569. The van der Waals surface area contributed by atoms with E-state index in [9.17, 15) is 0 Å². The average Bonchev–Trinajstić information content (AvgIpc) is 2.47. The van der Waals surface area contributed by atoms with Crippen LogP contribution in [0.3, 0.4) is 0 Å². The van der Waals surface area contributed by atoms with Crippen molar-refractivity contribution in [3.63, 3.8) is 0 Å². The van der Waals surface area contributed by atoms with Gasteiger partial charge < -0.3 is 15.6 Å². The fraction of sp³-hybridized carbons (Fsp3) is 0.294. The molecule has 2 atom stereocenters. The van der Waals surface area contributed by atoms with Gasteiger partial charge in [-0.2, -0.15) is 0 Å². The summed E-state index contributed by atoms with van der Waals surface area (Å²) in [6, 6.07) is 15.6. The molecule has 3 N–H and O–H groups in total. The summed E-state index contributed by atoms with van der Waals surface area (Å²) in [7, 11) is 0. The van der Waals surface area contributed by atoms with E-state index in [0.717, 1.165) is 21.3 Å². The van der Waals surface area contributed by atoms with Crippen LogP contribution in [-0.2, 0) is 6.42 Å². The van der Waals surface area contributed by atoms with Crippen molar-refractivity contribution >= 4 is 15.9 Å². The van der Waals surface area contributed by atoms with Crippen molar-refractivity contribution in [1.29, 1.82) is 0 Å². The molecule has 0 heterocycles. The molecule has 112 valence electrons. The van der Waals surface area contributed by atoms with Crippen molar-refractivity contribution < 1.29 is 9.84 Å². The summed E-state index contributed by atoms with van der Waals surface area (Å²) in [4.78, 5) is 0. The molecule has 21 heavy (non-hydrogen) atoms. The van der Waals surface area contributed by atoms with E-state index in [1.54, 1.807) is 0 Å². The van der Waals surface area contributed by atoms with Gasteiger partial charge in [0.15, 0.2) is 0 Å². The molecule has 0 saturated heterocycles. The zero-order valence-corrected chi connectivity index (χ0v) is 13.6. The normalized spacial score (nSPS) is 13.7. The maximum Gasteiger partial charge on any atom is 0.140 e. The Kier molecular flexibility index (Phi) is 5.79. The summed E-state index contributed by atoms with van der Waals surface area (Å²) in [6.07, 6.45) is 0.436. The van der Waals surface area contributed by atoms with Gasteiger partial charge in [-0.1, -0.05) is 46.3 Å². The predicted molar refractivity (Wildman–Crippen MR) is 88.4 cm³/mol. The summed E-state index contributed by atoms with van der Waals surface area (Å²) in [5.41, 5.74) is 8.20. The quantitative estimate of drug-likeness (QED) is 0.839. The molecule has 0 aromatic heterocycles. The molecule has 2 rings (SSSR count). The molecule has 0 bridgehead atoms. The van der Waals surface area contributed by atoms with Crippen molar-refractivity contribution in [2.75, 3.05) is 6.61 Å². The number of hydrogen-bond donors (Lipinski definition) is 2. The van der Waals surface area contributed by atoms with Crippen molar-refractivity contribution in [2.24, 2.45) is 5.73 Å². The van der Waals surface area contributed by atoms with Crippen LogP contribution < -0.4 is 10.5 Å². The highest BCUT2D eigenvalue weighted by Crippen LogP contribution is 2.29. The second kappa shape index (κ2) is 7.59. The Morgan fingerprint density at radius 1 is 1.14 bits per heavy atom. The van der Waals surface area contributed by atoms with Crippen molar-refractivity contribution in [2.45, 2.75) is 25.5 Å². The number of aliphatic hydroxyl groups excluding tert-OH is 1. The molecular formula is C17H20BrNO2. The molecule has 0 aliphatic carbocycles. The van der Waals surface area contributed by atoms with E-state index >= 15 is 0 Å². The Labute approximate surface area is 133 Å². The van der Waals surface area contributed by atoms with Gasteiger partial charge in [-0.05, 0) is 37.1 Å². The largest absolute Gasteiger partial charge is 0.484 e. The van der Waals surface area contributed by atoms with E-state index in [1.807, 2.05) is 55.5 Å². The highest BCUT2D eigenvalue weighted by molar-refractivity contribution is 9.10. The van der Waals surface area contributed by atoms with Gasteiger partial charge in [0.05, 0.1) is 0 Å². The molecule has 0 saturated carbocycles. The Hall–Kier alpha value is -1.36. The highest BCUT2D eigenvalue weighted by atomic mass is 79.9. The van der Waals surface area contributed by atoms with Crippen LogP contribution in [-0.4, -0.2) is 17.8 Å². The van der Waals surface area contributed by atoms with Crippen LogP contribution in [0.5, 0.6) is 5.75 Å². The number of aliphatic hydroxyl groups is 1. The molecule has 2 aromatic rings. The fourth-order valence-corrected chi connectivity index (χ4v) is 2.68. The van der Waals surface area contributed by atoms with Gasteiger partial charge in [0.1, 0.15) is 11.9 Å². The summed E-state index contributed by atoms with van der Waals surface area (Å²) < 4.78 is 7.05. The lowest BCUT2D eigenvalue weighted by Crippen LogP contribution is -2.29. The lowest BCUT2D eigenvalue weighted by Gasteiger charge is -2.24. The standard InChI is InChI=1S/C17H20BrNO2/c1-12(19)17(15-4-2-3-5-16(15)18)21-14-8-6-13(7-9-14)10-11-20/h2-9,12,17,20H,10-11,19H2,1H3. The van der Waals surface area contributed by atoms with E-state index in [2.05, 4.69) is 15.9 Å². The van der Waals surface area contributed by atoms with Crippen LogP contribution in [0.4, 0.5) is 0 Å². The monoisotopic (exact) mass is 349 g/mol.